The Morgan fingerprint density at radius 3 is 2.63 bits per heavy atom. The molecular weight excluding hydrogens is 378 g/mol. The van der Waals surface area contributed by atoms with Crippen LogP contribution in [0.2, 0.25) is 0 Å². The number of carbonyl (C=O) groups excluding carboxylic acids is 2. The Morgan fingerprint density at radius 1 is 1.00 bits per heavy atom. The lowest BCUT2D eigenvalue weighted by atomic mass is 10.1. The van der Waals surface area contributed by atoms with Gasteiger partial charge in [-0.3, -0.25) is 4.79 Å². The Hall–Kier alpha value is -3.80. The quantitative estimate of drug-likeness (QED) is 0.413. The molecule has 0 spiro atoms. The number of aromatic nitrogens is 1. The van der Waals surface area contributed by atoms with Crippen molar-refractivity contribution < 1.29 is 14.3 Å². The summed E-state index contributed by atoms with van der Waals surface area (Å²) in [7, 11) is 0. The first-order valence-corrected chi connectivity index (χ1v) is 9.99. The molecule has 5 rings (SSSR count). The summed E-state index contributed by atoms with van der Waals surface area (Å²) in [6.45, 7) is 3.12. The third-order valence-corrected chi connectivity index (χ3v) is 5.46. The number of fused-ring (bicyclic) bond motifs is 4. The summed E-state index contributed by atoms with van der Waals surface area (Å²) in [6, 6.07) is 21.5. The normalized spacial score (nSPS) is 13.4. The highest BCUT2D eigenvalue weighted by molar-refractivity contribution is 6.10. The third kappa shape index (κ3) is 3.06. The molecule has 0 radical (unpaired) electrons. The van der Waals surface area contributed by atoms with Crippen LogP contribution in [-0.2, 0) is 16.1 Å². The highest BCUT2D eigenvalue weighted by Crippen LogP contribution is 2.32. The van der Waals surface area contributed by atoms with Crippen LogP contribution >= 0.6 is 0 Å². The maximum atomic E-state index is 12.7. The third-order valence-electron chi connectivity index (χ3n) is 5.46. The molecule has 1 aromatic heterocycles. The van der Waals surface area contributed by atoms with Crippen LogP contribution in [0.3, 0.4) is 0 Å². The van der Waals surface area contributed by atoms with Crippen molar-refractivity contribution >= 4 is 45.1 Å². The molecule has 1 aliphatic rings. The minimum Gasteiger partial charge on any atom is -0.423 e. The van der Waals surface area contributed by atoms with Crippen LogP contribution in [0.15, 0.2) is 66.7 Å². The van der Waals surface area contributed by atoms with Crippen LogP contribution in [0.1, 0.15) is 6.92 Å². The van der Waals surface area contributed by atoms with Crippen molar-refractivity contribution in [2.75, 3.05) is 23.3 Å². The van der Waals surface area contributed by atoms with Gasteiger partial charge in [0.25, 0.3) is 0 Å². The van der Waals surface area contributed by atoms with Crippen LogP contribution in [0.25, 0.3) is 21.8 Å². The topological polar surface area (TPSA) is 63.6 Å². The van der Waals surface area contributed by atoms with E-state index >= 15 is 0 Å². The van der Waals surface area contributed by atoms with E-state index < -0.39 is 0 Å². The molecule has 1 N–H and O–H groups in total. The number of aryl methyl sites for hydroxylation is 1. The highest BCUT2D eigenvalue weighted by atomic mass is 16.5. The zero-order valence-corrected chi connectivity index (χ0v) is 16.6. The first-order valence-electron chi connectivity index (χ1n) is 9.99. The number of hydrogen-bond acceptors (Lipinski definition) is 4. The summed E-state index contributed by atoms with van der Waals surface area (Å²) in [6.07, 6.45) is 0. The van der Waals surface area contributed by atoms with Gasteiger partial charge in [0.15, 0.2) is 5.75 Å². The van der Waals surface area contributed by atoms with Crippen LogP contribution in [0.5, 0.6) is 5.75 Å². The molecule has 0 saturated heterocycles. The van der Waals surface area contributed by atoms with Gasteiger partial charge in [-0.2, -0.15) is 0 Å². The van der Waals surface area contributed by atoms with Crippen molar-refractivity contribution in [3.05, 3.63) is 66.7 Å². The Labute approximate surface area is 173 Å². The summed E-state index contributed by atoms with van der Waals surface area (Å²) in [4.78, 5) is 26.4. The number of nitrogens with zero attached hydrogens (tertiary/aromatic N) is 2. The lowest BCUT2D eigenvalue weighted by molar-refractivity contribution is -0.133. The Kier molecular flexibility index (Phi) is 4.39. The predicted octanol–water partition coefficient (Wildman–Crippen LogP) is 4.18. The molecule has 0 aliphatic carbocycles. The van der Waals surface area contributed by atoms with E-state index in [0.29, 0.717) is 5.75 Å². The molecule has 2 heterocycles. The number of amides is 1. The fourth-order valence-electron chi connectivity index (χ4n) is 4.19. The van der Waals surface area contributed by atoms with Gasteiger partial charge in [-0.05, 0) is 43.3 Å². The van der Waals surface area contributed by atoms with Gasteiger partial charge in [-0.1, -0.05) is 30.3 Å². The van der Waals surface area contributed by atoms with Gasteiger partial charge in [0.2, 0.25) is 5.91 Å². The van der Waals surface area contributed by atoms with Crippen molar-refractivity contribution in [3.63, 3.8) is 0 Å². The average Bonchev–Trinajstić information content (AvgIpc) is 3.06. The van der Waals surface area contributed by atoms with Gasteiger partial charge < -0.3 is 19.5 Å². The minimum atomic E-state index is -0.365. The molecule has 0 unspecified atom stereocenters. The van der Waals surface area contributed by atoms with E-state index in [1.54, 1.807) is 17.0 Å². The smallest absolute Gasteiger partial charge is 0.331 e. The second-order valence-corrected chi connectivity index (χ2v) is 7.34. The largest absolute Gasteiger partial charge is 0.423 e. The van der Waals surface area contributed by atoms with Crippen LogP contribution in [0, 0.1) is 0 Å². The van der Waals surface area contributed by atoms with Crippen molar-refractivity contribution in [3.8, 4) is 5.75 Å². The van der Waals surface area contributed by atoms with Gasteiger partial charge in [0.05, 0.1) is 12.2 Å². The maximum absolute atomic E-state index is 12.7. The second-order valence-electron chi connectivity index (χ2n) is 7.34. The number of anilines is 2. The fourth-order valence-corrected chi connectivity index (χ4v) is 4.19. The fraction of sp³-hybridized carbons (Fsp3) is 0.167. The van der Waals surface area contributed by atoms with Crippen molar-refractivity contribution in [1.29, 1.82) is 0 Å². The molecular formula is C24H21N3O3. The van der Waals surface area contributed by atoms with E-state index in [1.165, 1.54) is 5.52 Å². The van der Waals surface area contributed by atoms with Gasteiger partial charge in [0.1, 0.15) is 6.54 Å². The monoisotopic (exact) mass is 399 g/mol. The molecule has 30 heavy (non-hydrogen) atoms. The van der Waals surface area contributed by atoms with E-state index in [2.05, 4.69) is 28.9 Å². The summed E-state index contributed by atoms with van der Waals surface area (Å²) in [5.74, 6) is -0.0660. The Bertz CT molecular complexity index is 1290. The van der Waals surface area contributed by atoms with Crippen molar-refractivity contribution in [2.24, 2.45) is 0 Å². The minimum absolute atomic E-state index is 0.0491. The van der Waals surface area contributed by atoms with Crippen LogP contribution in [-0.4, -0.2) is 29.5 Å². The van der Waals surface area contributed by atoms with E-state index in [4.69, 9.17) is 4.74 Å². The first-order chi connectivity index (χ1) is 14.6. The molecule has 6 nitrogen and oxygen atoms in total. The number of rotatable bonds is 4. The standard InChI is InChI=1S/C24H21N3O3/c1-2-27-19-8-4-3-7-17(19)18-13-16(11-12-20(18)27)25-23(28)14-26-15-24(29)30-22-10-6-5-9-21(22)26/h3-13H,2,14-15H2,1H3,(H,25,28). The number of esters is 1. The number of nitrogens with one attached hydrogen (secondary N) is 1. The lowest BCUT2D eigenvalue weighted by Crippen LogP contribution is -2.41. The Balaban J connectivity index is 1.42. The lowest BCUT2D eigenvalue weighted by Gasteiger charge is -2.29. The summed E-state index contributed by atoms with van der Waals surface area (Å²) in [5.41, 5.74) is 3.81. The summed E-state index contributed by atoms with van der Waals surface area (Å²) < 4.78 is 7.52. The second kappa shape index (κ2) is 7.22. The van der Waals surface area contributed by atoms with Crippen molar-refractivity contribution in [1.82, 2.24) is 4.57 Å². The van der Waals surface area contributed by atoms with Gasteiger partial charge in [0, 0.05) is 34.0 Å². The van der Waals surface area contributed by atoms with Gasteiger partial charge in [-0.15, -0.1) is 0 Å². The molecule has 6 heteroatoms. The zero-order chi connectivity index (χ0) is 20.7. The van der Waals surface area contributed by atoms with Gasteiger partial charge in [-0.25, -0.2) is 4.79 Å². The number of carbonyl (C=O) groups is 2. The van der Waals surface area contributed by atoms with E-state index in [0.717, 1.165) is 34.2 Å². The SMILES string of the molecule is CCn1c2ccccc2c2cc(NC(=O)CN3CC(=O)Oc4ccccc43)ccc21. The molecule has 1 amide bonds. The molecule has 3 aromatic carbocycles. The van der Waals surface area contributed by atoms with Crippen LogP contribution in [0.4, 0.5) is 11.4 Å². The molecule has 0 saturated carbocycles. The zero-order valence-electron chi connectivity index (χ0n) is 16.6. The van der Waals surface area contributed by atoms with E-state index in [1.807, 2.05) is 42.5 Å². The number of benzene rings is 3. The van der Waals surface area contributed by atoms with Crippen molar-refractivity contribution in [2.45, 2.75) is 13.5 Å². The summed E-state index contributed by atoms with van der Waals surface area (Å²) >= 11 is 0. The molecule has 0 fully saturated rings. The molecule has 0 atom stereocenters. The first kappa shape index (κ1) is 18.2. The molecule has 4 aromatic rings. The molecule has 150 valence electrons. The molecule has 0 bridgehead atoms. The predicted molar refractivity (Wildman–Crippen MR) is 118 cm³/mol. The average molecular weight is 399 g/mol. The summed E-state index contributed by atoms with van der Waals surface area (Å²) in [5, 5.41) is 5.25. The Morgan fingerprint density at radius 2 is 1.77 bits per heavy atom. The van der Waals surface area contributed by atoms with Gasteiger partial charge >= 0.3 is 5.97 Å². The molecule has 1 aliphatic heterocycles. The number of hydrogen-bond donors (Lipinski definition) is 1. The highest BCUT2D eigenvalue weighted by Gasteiger charge is 2.25. The van der Waals surface area contributed by atoms with E-state index in [9.17, 15) is 9.59 Å². The van der Waals surface area contributed by atoms with Crippen LogP contribution < -0.4 is 15.0 Å². The number of para-hydroxylation sites is 3. The van der Waals surface area contributed by atoms with E-state index in [-0.39, 0.29) is 25.0 Å². The maximum Gasteiger partial charge on any atom is 0.331 e. The number of ether oxygens (including phenoxy) is 1.